The summed E-state index contributed by atoms with van der Waals surface area (Å²) >= 11 is 0. The molecule has 0 fully saturated rings. The average molecular weight is 814 g/mol. The first kappa shape index (κ1) is 41.9. The number of carbonyl (C=O) groups excluding carboxylic acids is 2. The van der Waals surface area contributed by atoms with Crippen LogP contribution in [0.15, 0.2) is 103 Å². The van der Waals surface area contributed by atoms with Gasteiger partial charge in [0.15, 0.2) is 5.78 Å². The van der Waals surface area contributed by atoms with E-state index in [1.54, 1.807) is 0 Å². The maximum atomic E-state index is 13.1. The Kier molecular flexibility index (Phi) is 13.4. The lowest BCUT2D eigenvalue weighted by Crippen LogP contribution is -2.43. The van der Waals surface area contributed by atoms with Crippen LogP contribution in [0.2, 0.25) is 0 Å². The second-order valence-corrected chi connectivity index (χ2v) is 15.4. The van der Waals surface area contributed by atoms with Gasteiger partial charge in [0.2, 0.25) is 0 Å². The average Bonchev–Trinajstić information content (AvgIpc) is 3.26. The number of rotatable bonds is 10. The number of nitrogens with zero attached hydrogens (tertiary/aromatic N) is 4. The number of carbonyl (C=O) groups is 2. The standard InChI is InChI=1S/C48H55N5O7/c1-33-11-17-41-45(25-33)58-23-24-59-46-27-35(48-39-15-12-34(29-49-2)26-43(39)60-44-28-37(50(3)4)14-16-40(44)48)13-18-42(46)52(30-38(55)32-54)21-19-51(36-9-7-6-8-10-36)20-22-53(41)31-47(56)57-5/h6-18,25-28,48-49,54H,19-24,29-32H2,1-5H3. The van der Waals surface area contributed by atoms with Crippen LogP contribution >= 0.6 is 0 Å². The fraction of sp³-hybridized carbons (Fsp3) is 0.333. The fourth-order valence-electron chi connectivity index (χ4n) is 7.93. The SMILES string of the molecule is CNCc1ccc2c(c1)Oc1cc(N(C)C)ccc1C2c1ccc2c(c1)OCCOc1cc(C)ccc1N(CC(=O)OC)CCN(c1ccccc1)CCN2CC(=O)CO. The minimum absolute atomic E-state index is 0.0188. The predicted octanol–water partition coefficient (Wildman–Crippen LogP) is 6.39. The molecule has 0 aliphatic carbocycles. The first-order valence-corrected chi connectivity index (χ1v) is 20.4. The van der Waals surface area contributed by atoms with Gasteiger partial charge in [-0.3, -0.25) is 9.59 Å². The van der Waals surface area contributed by atoms with Gasteiger partial charge in [-0.25, -0.2) is 0 Å². The number of para-hydroxylation sites is 1. The molecule has 0 amide bonds. The summed E-state index contributed by atoms with van der Waals surface area (Å²) in [5.74, 6) is 1.96. The summed E-state index contributed by atoms with van der Waals surface area (Å²) in [4.78, 5) is 34.1. The van der Waals surface area contributed by atoms with Crippen molar-refractivity contribution in [2.24, 2.45) is 0 Å². The van der Waals surface area contributed by atoms with Gasteiger partial charge < -0.3 is 49.0 Å². The third kappa shape index (κ3) is 9.62. The summed E-state index contributed by atoms with van der Waals surface area (Å²) in [6.07, 6.45) is 0. The highest BCUT2D eigenvalue weighted by molar-refractivity contribution is 5.85. The summed E-state index contributed by atoms with van der Waals surface area (Å²) < 4.78 is 24.9. The van der Waals surface area contributed by atoms with Crippen LogP contribution in [0, 0.1) is 6.92 Å². The van der Waals surface area contributed by atoms with Crippen molar-refractivity contribution in [3.05, 3.63) is 131 Å². The minimum Gasteiger partial charge on any atom is -0.488 e. The number of anilines is 4. The fourth-order valence-corrected chi connectivity index (χ4v) is 7.93. The number of ether oxygens (including phenoxy) is 4. The summed E-state index contributed by atoms with van der Waals surface area (Å²) in [7, 11) is 7.35. The van der Waals surface area contributed by atoms with E-state index in [0.717, 1.165) is 62.1 Å². The molecule has 2 aliphatic rings. The summed E-state index contributed by atoms with van der Waals surface area (Å²) in [5, 5.41) is 13.2. The molecule has 0 aromatic heterocycles. The zero-order valence-corrected chi connectivity index (χ0v) is 35.1. The maximum absolute atomic E-state index is 13.1. The van der Waals surface area contributed by atoms with E-state index in [-0.39, 0.29) is 44.0 Å². The summed E-state index contributed by atoms with van der Waals surface area (Å²) in [6.45, 7) is 4.54. The van der Waals surface area contributed by atoms with E-state index < -0.39 is 6.61 Å². The highest BCUT2D eigenvalue weighted by atomic mass is 16.5. The summed E-state index contributed by atoms with van der Waals surface area (Å²) in [5.41, 5.74) is 8.73. The molecule has 7 rings (SSSR count). The van der Waals surface area contributed by atoms with Gasteiger partial charge >= 0.3 is 5.97 Å². The number of methoxy groups -OCH3 is 1. The lowest BCUT2D eigenvalue weighted by molar-refractivity contribution is -0.139. The van der Waals surface area contributed by atoms with Crippen molar-refractivity contribution < 1.29 is 33.6 Å². The molecule has 1 unspecified atom stereocenters. The molecule has 0 saturated heterocycles. The molecular weight excluding hydrogens is 759 g/mol. The molecule has 1 atom stereocenters. The van der Waals surface area contributed by atoms with Crippen LogP contribution in [0.3, 0.4) is 0 Å². The van der Waals surface area contributed by atoms with Crippen molar-refractivity contribution in [1.29, 1.82) is 0 Å². The van der Waals surface area contributed by atoms with E-state index in [9.17, 15) is 14.7 Å². The first-order valence-electron chi connectivity index (χ1n) is 20.4. The molecule has 314 valence electrons. The zero-order valence-electron chi connectivity index (χ0n) is 35.1. The van der Waals surface area contributed by atoms with Crippen molar-refractivity contribution in [1.82, 2.24) is 5.32 Å². The largest absolute Gasteiger partial charge is 0.488 e. The van der Waals surface area contributed by atoms with E-state index in [1.807, 2.05) is 80.3 Å². The molecule has 0 saturated carbocycles. The van der Waals surface area contributed by atoms with Gasteiger partial charge in [-0.1, -0.05) is 48.5 Å². The molecule has 12 heteroatoms. The van der Waals surface area contributed by atoms with Crippen molar-refractivity contribution in [2.75, 3.05) is 107 Å². The van der Waals surface area contributed by atoms with E-state index in [0.29, 0.717) is 44.2 Å². The minimum atomic E-state index is -0.582. The molecule has 5 aromatic carbocycles. The smallest absolute Gasteiger partial charge is 0.325 e. The Hall–Kier alpha value is -6.24. The predicted molar refractivity (Wildman–Crippen MR) is 237 cm³/mol. The Labute approximate surface area is 352 Å². The quantitative estimate of drug-likeness (QED) is 0.149. The molecule has 60 heavy (non-hydrogen) atoms. The third-order valence-electron chi connectivity index (χ3n) is 11.0. The van der Waals surface area contributed by atoms with Crippen molar-refractivity contribution >= 4 is 34.5 Å². The van der Waals surface area contributed by atoms with Gasteiger partial charge in [-0.15, -0.1) is 0 Å². The number of aryl methyl sites for hydroxylation is 1. The zero-order chi connectivity index (χ0) is 42.2. The molecule has 2 heterocycles. The van der Waals surface area contributed by atoms with E-state index in [4.69, 9.17) is 18.9 Å². The van der Waals surface area contributed by atoms with Gasteiger partial charge in [0.1, 0.15) is 49.4 Å². The van der Waals surface area contributed by atoms with Crippen molar-refractivity contribution in [2.45, 2.75) is 19.4 Å². The Bertz CT molecular complexity index is 2280. The van der Waals surface area contributed by atoms with Gasteiger partial charge in [-0.2, -0.15) is 0 Å². The van der Waals surface area contributed by atoms with Gasteiger partial charge in [0, 0.05) is 81.3 Å². The number of esters is 1. The normalized spacial score (nSPS) is 15.4. The topological polar surface area (TPSA) is 116 Å². The second kappa shape index (κ2) is 19.2. The van der Waals surface area contributed by atoms with Crippen LogP contribution in [-0.2, 0) is 20.9 Å². The molecule has 0 radical (unpaired) electrons. The molecule has 2 aliphatic heterocycles. The molecule has 0 spiro atoms. The Morgan fingerprint density at radius 1 is 0.767 bits per heavy atom. The number of ketones is 1. The second-order valence-electron chi connectivity index (χ2n) is 15.4. The van der Waals surface area contributed by atoms with Crippen molar-refractivity contribution in [3.8, 4) is 23.0 Å². The first-order chi connectivity index (χ1) is 29.1. The van der Waals surface area contributed by atoms with Gasteiger partial charge in [-0.05, 0) is 79.2 Å². The van der Waals surface area contributed by atoms with Crippen LogP contribution in [0.5, 0.6) is 23.0 Å². The van der Waals surface area contributed by atoms with E-state index in [1.165, 1.54) is 7.11 Å². The number of benzene rings is 5. The Balaban J connectivity index is 1.33. The van der Waals surface area contributed by atoms with E-state index in [2.05, 4.69) is 75.8 Å². The number of nitrogens with one attached hydrogen (secondary N) is 1. The van der Waals surface area contributed by atoms with Gasteiger partial charge in [0.25, 0.3) is 0 Å². The molecule has 2 N–H and O–H groups in total. The number of fused-ring (bicyclic) bond motifs is 4. The highest BCUT2D eigenvalue weighted by Gasteiger charge is 2.31. The molecule has 5 aromatic rings. The van der Waals surface area contributed by atoms with Crippen LogP contribution in [0.1, 0.15) is 33.7 Å². The number of Topliss-reactive ketones (excluding diaryl/α,β-unsaturated/α-hetero) is 1. The number of aliphatic hydroxyl groups excluding tert-OH is 1. The number of aliphatic hydroxyl groups is 1. The highest BCUT2D eigenvalue weighted by Crippen LogP contribution is 2.49. The Morgan fingerprint density at radius 3 is 2.08 bits per heavy atom. The molecule has 0 bridgehead atoms. The summed E-state index contributed by atoms with van der Waals surface area (Å²) in [6, 6.07) is 35.0. The van der Waals surface area contributed by atoms with Crippen LogP contribution in [-0.4, -0.2) is 104 Å². The molecular formula is C48H55N5O7. The Morgan fingerprint density at radius 2 is 1.42 bits per heavy atom. The third-order valence-corrected chi connectivity index (χ3v) is 11.0. The van der Waals surface area contributed by atoms with Gasteiger partial charge in [0.05, 0.1) is 25.0 Å². The lowest BCUT2D eigenvalue weighted by Gasteiger charge is -2.33. The number of hydrogen-bond acceptors (Lipinski definition) is 12. The van der Waals surface area contributed by atoms with E-state index >= 15 is 0 Å². The van der Waals surface area contributed by atoms with Crippen LogP contribution in [0.25, 0.3) is 0 Å². The number of hydrogen-bond donors (Lipinski definition) is 2. The lowest BCUT2D eigenvalue weighted by atomic mass is 9.82. The van der Waals surface area contributed by atoms with Crippen molar-refractivity contribution in [3.63, 3.8) is 0 Å². The molecule has 12 nitrogen and oxygen atoms in total. The maximum Gasteiger partial charge on any atom is 0.325 e. The van der Waals surface area contributed by atoms with Crippen LogP contribution < -0.4 is 39.1 Å². The monoisotopic (exact) mass is 813 g/mol. The van der Waals surface area contributed by atoms with Crippen LogP contribution in [0.4, 0.5) is 22.7 Å².